The van der Waals surface area contributed by atoms with Crippen LogP contribution in [-0.2, 0) is 4.79 Å². The summed E-state index contributed by atoms with van der Waals surface area (Å²) in [5.74, 6) is -0.691. The molecule has 4 N–H and O–H groups in total. The molecule has 154 valence electrons. The molecule has 1 aliphatic rings. The van der Waals surface area contributed by atoms with E-state index in [1.54, 1.807) is 30.3 Å². The summed E-state index contributed by atoms with van der Waals surface area (Å²) < 4.78 is 0. The number of hydrogen-bond acceptors (Lipinski definition) is 6. The lowest BCUT2D eigenvalue weighted by molar-refractivity contribution is -0.118. The van der Waals surface area contributed by atoms with E-state index >= 15 is 0 Å². The minimum atomic E-state index is -0.605. The zero-order valence-electron chi connectivity index (χ0n) is 16.6. The summed E-state index contributed by atoms with van der Waals surface area (Å²) in [7, 11) is 0. The Balaban J connectivity index is 1.58. The summed E-state index contributed by atoms with van der Waals surface area (Å²) in [5, 5.41) is 23.3. The number of nitrogens with one attached hydrogen (secondary N) is 4. The number of aryl methyl sites for hydroxylation is 1. The van der Waals surface area contributed by atoms with E-state index in [-0.39, 0.29) is 11.5 Å². The molecule has 0 spiro atoms. The Morgan fingerprint density at radius 3 is 2.58 bits per heavy atom. The van der Waals surface area contributed by atoms with Crippen LogP contribution in [-0.4, -0.2) is 18.1 Å². The van der Waals surface area contributed by atoms with Crippen molar-refractivity contribution < 1.29 is 9.59 Å². The van der Waals surface area contributed by atoms with Gasteiger partial charge in [0.25, 0.3) is 11.8 Å². The Bertz CT molecular complexity index is 1190. The maximum Gasteiger partial charge on any atom is 0.267 e. The second kappa shape index (κ2) is 8.73. The fourth-order valence-electron chi connectivity index (χ4n) is 3.15. The Morgan fingerprint density at radius 1 is 1.06 bits per heavy atom. The molecule has 1 aliphatic heterocycles. The van der Waals surface area contributed by atoms with Crippen LogP contribution in [0.25, 0.3) is 5.70 Å². The molecule has 31 heavy (non-hydrogen) atoms. The third kappa shape index (κ3) is 4.57. The maximum absolute atomic E-state index is 12.5. The number of amides is 2. The highest BCUT2D eigenvalue weighted by molar-refractivity contribution is 7.12. The van der Waals surface area contributed by atoms with E-state index in [2.05, 4.69) is 21.3 Å². The van der Waals surface area contributed by atoms with Crippen LogP contribution in [0, 0.1) is 18.3 Å². The Morgan fingerprint density at radius 2 is 1.87 bits per heavy atom. The van der Waals surface area contributed by atoms with Crippen LogP contribution in [0.3, 0.4) is 0 Å². The van der Waals surface area contributed by atoms with E-state index in [0.29, 0.717) is 21.8 Å². The van der Waals surface area contributed by atoms with Gasteiger partial charge in [0.1, 0.15) is 11.6 Å². The van der Waals surface area contributed by atoms with Crippen LogP contribution in [0.15, 0.2) is 71.6 Å². The minimum Gasteiger partial charge on any atom is -0.348 e. The number of carbonyl (C=O) groups is 2. The van der Waals surface area contributed by atoms with Crippen molar-refractivity contribution in [2.24, 2.45) is 0 Å². The van der Waals surface area contributed by atoms with Crippen LogP contribution < -0.4 is 21.3 Å². The van der Waals surface area contributed by atoms with Crippen molar-refractivity contribution in [2.75, 3.05) is 10.6 Å². The predicted molar refractivity (Wildman–Crippen MR) is 121 cm³/mol. The lowest BCUT2D eigenvalue weighted by Crippen LogP contribution is -2.54. The third-order valence-corrected chi connectivity index (χ3v) is 5.54. The van der Waals surface area contributed by atoms with Gasteiger partial charge in [-0.2, -0.15) is 5.26 Å². The first-order valence-electron chi connectivity index (χ1n) is 9.54. The molecule has 2 heterocycles. The number of hydrogen-bond donors (Lipinski definition) is 4. The summed E-state index contributed by atoms with van der Waals surface area (Å²) in [4.78, 5) is 25.5. The zero-order valence-corrected chi connectivity index (χ0v) is 17.4. The smallest absolute Gasteiger partial charge is 0.267 e. The van der Waals surface area contributed by atoms with Gasteiger partial charge in [0.05, 0.1) is 10.6 Å². The number of nitrogens with zero attached hydrogens (tertiary/aromatic N) is 1. The van der Waals surface area contributed by atoms with E-state index in [4.69, 9.17) is 0 Å². The van der Waals surface area contributed by atoms with Crippen molar-refractivity contribution in [2.45, 2.75) is 13.2 Å². The average Bonchev–Trinajstić information content (AvgIpc) is 3.30. The van der Waals surface area contributed by atoms with Crippen LogP contribution in [0.1, 0.15) is 20.8 Å². The fraction of sp³-hybridized carbons (Fsp3) is 0.0870. The van der Waals surface area contributed by atoms with Crippen molar-refractivity contribution in [3.8, 4) is 6.07 Å². The molecule has 1 atom stereocenters. The summed E-state index contributed by atoms with van der Waals surface area (Å²) in [6.07, 6.45) is -0.605. The van der Waals surface area contributed by atoms with E-state index in [1.807, 2.05) is 48.7 Å². The molecule has 2 amide bonds. The highest BCUT2D eigenvalue weighted by Gasteiger charge is 2.27. The molecule has 3 aromatic rings. The lowest BCUT2D eigenvalue weighted by Gasteiger charge is -2.29. The molecule has 0 fully saturated rings. The molecule has 0 bridgehead atoms. The quantitative estimate of drug-likeness (QED) is 0.495. The van der Waals surface area contributed by atoms with Crippen LogP contribution in [0.4, 0.5) is 11.4 Å². The highest BCUT2D eigenvalue weighted by atomic mass is 32.1. The summed E-state index contributed by atoms with van der Waals surface area (Å²) in [5.41, 5.74) is 3.49. The minimum absolute atomic E-state index is 0.0244. The zero-order chi connectivity index (χ0) is 21.8. The molecule has 0 radical (unpaired) electrons. The van der Waals surface area contributed by atoms with Gasteiger partial charge < -0.3 is 21.3 Å². The topological polar surface area (TPSA) is 106 Å². The largest absolute Gasteiger partial charge is 0.348 e. The van der Waals surface area contributed by atoms with Gasteiger partial charge in [0.15, 0.2) is 6.29 Å². The molecule has 0 saturated carbocycles. The van der Waals surface area contributed by atoms with E-state index in [0.717, 1.165) is 11.3 Å². The van der Waals surface area contributed by atoms with Gasteiger partial charge in [0.2, 0.25) is 0 Å². The lowest BCUT2D eigenvalue weighted by atomic mass is 10.0. The first-order valence-corrected chi connectivity index (χ1v) is 10.4. The highest BCUT2D eigenvalue weighted by Crippen LogP contribution is 2.24. The van der Waals surface area contributed by atoms with E-state index in [1.165, 1.54) is 11.3 Å². The van der Waals surface area contributed by atoms with E-state index in [9.17, 15) is 14.9 Å². The summed E-state index contributed by atoms with van der Waals surface area (Å²) in [6, 6.07) is 20.3. The number of anilines is 2. The number of rotatable bonds is 5. The number of benzene rings is 2. The van der Waals surface area contributed by atoms with E-state index < -0.39 is 12.2 Å². The van der Waals surface area contributed by atoms with Gasteiger partial charge in [-0.15, -0.1) is 11.3 Å². The van der Waals surface area contributed by atoms with Gasteiger partial charge in [-0.05, 0) is 42.6 Å². The second-order valence-corrected chi connectivity index (χ2v) is 7.88. The van der Waals surface area contributed by atoms with Crippen molar-refractivity contribution in [3.05, 3.63) is 87.6 Å². The van der Waals surface area contributed by atoms with Gasteiger partial charge in [0, 0.05) is 16.9 Å². The maximum atomic E-state index is 12.5. The van der Waals surface area contributed by atoms with Crippen LogP contribution in [0.5, 0.6) is 0 Å². The Labute approximate surface area is 183 Å². The molecular weight excluding hydrogens is 410 g/mol. The standard InChI is InChI=1S/C23H19N5O2S/c1-14-7-9-16(10-8-14)26-23-27-20(18(13-24)21(29)28-23)15-4-2-5-17(12-15)25-22(30)19-6-3-11-31-19/h2-12,23,26-27H,1H3,(H,25,30)(H,28,29). The number of nitriles is 1. The third-order valence-electron chi connectivity index (χ3n) is 4.67. The van der Waals surface area contributed by atoms with Crippen LogP contribution in [0.2, 0.25) is 0 Å². The molecular formula is C23H19N5O2S. The molecule has 0 aliphatic carbocycles. The van der Waals surface area contributed by atoms with Gasteiger partial charge in [-0.1, -0.05) is 35.9 Å². The Kier molecular flexibility index (Phi) is 5.69. The van der Waals surface area contributed by atoms with Crippen molar-refractivity contribution in [1.29, 1.82) is 5.26 Å². The number of carbonyl (C=O) groups excluding carboxylic acids is 2. The SMILES string of the molecule is Cc1ccc(NC2NC(=O)C(C#N)=C(c3cccc(NC(=O)c4cccs4)c3)N2)cc1. The normalized spacial score (nSPS) is 15.5. The average molecular weight is 430 g/mol. The van der Waals surface area contributed by atoms with Gasteiger partial charge in [-0.25, -0.2) is 0 Å². The van der Waals surface area contributed by atoms with Crippen molar-refractivity contribution >= 4 is 40.2 Å². The molecule has 1 unspecified atom stereocenters. The molecule has 8 heteroatoms. The molecule has 2 aromatic carbocycles. The van der Waals surface area contributed by atoms with Crippen molar-refractivity contribution in [1.82, 2.24) is 10.6 Å². The summed E-state index contributed by atoms with van der Waals surface area (Å²) in [6.45, 7) is 1.99. The predicted octanol–water partition coefficient (Wildman–Crippen LogP) is 3.66. The second-order valence-electron chi connectivity index (χ2n) is 6.94. The van der Waals surface area contributed by atoms with Gasteiger partial charge in [-0.3, -0.25) is 9.59 Å². The fourth-order valence-corrected chi connectivity index (χ4v) is 3.76. The summed E-state index contributed by atoms with van der Waals surface area (Å²) >= 11 is 1.35. The van der Waals surface area contributed by atoms with Crippen molar-refractivity contribution in [3.63, 3.8) is 0 Å². The van der Waals surface area contributed by atoms with Crippen LogP contribution >= 0.6 is 11.3 Å². The van der Waals surface area contributed by atoms with Gasteiger partial charge >= 0.3 is 0 Å². The monoisotopic (exact) mass is 429 g/mol. The first-order chi connectivity index (χ1) is 15.0. The number of thiophene rings is 1. The molecule has 4 rings (SSSR count). The molecule has 0 saturated heterocycles. The molecule has 7 nitrogen and oxygen atoms in total. The molecule has 1 aromatic heterocycles. The first kappa shape index (κ1) is 20.2. The Hall–Kier alpha value is -4.09.